The fraction of sp³-hybridized carbons (Fsp3) is 0.636. The van der Waals surface area contributed by atoms with Crippen molar-refractivity contribution in [2.24, 2.45) is 5.73 Å². The van der Waals surface area contributed by atoms with Gasteiger partial charge in [-0.05, 0) is 33.9 Å². The van der Waals surface area contributed by atoms with Gasteiger partial charge in [-0.3, -0.25) is 4.68 Å². The quantitative estimate of drug-likeness (QED) is 0.858. The summed E-state index contributed by atoms with van der Waals surface area (Å²) in [5.41, 5.74) is 6.04. The van der Waals surface area contributed by atoms with Crippen LogP contribution >= 0.6 is 0 Å². The Morgan fingerprint density at radius 3 is 2.76 bits per heavy atom. The fourth-order valence-electron chi connectivity index (χ4n) is 1.73. The number of rotatable bonds is 4. The maximum atomic E-state index is 10.7. The van der Waals surface area contributed by atoms with E-state index in [0.717, 1.165) is 18.5 Å². The van der Waals surface area contributed by atoms with Gasteiger partial charge in [0.25, 0.3) is 0 Å². The highest BCUT2D eigenvalue weighted by atomic mass is 16.6. The first-order valence-corrected chi connectivity index (χ1v) is 5.72. The minimum atomic E-state index is -0.825. The number of nitrogens with zero attached hydrogens (tertiary/aromatic N) is 3. The SMILES string of the molecule is CC(c1cc(OC(N)=O)nn1C1CC1)N(C)C. The molecule has 2 N–H and O–H groups in total. The molecule has 17 heavy (non-hydrogen) atoms. The van der Waals surface area contributed by atoms with Crippen LogP contribution in [-0.2, 0) is 0 Å². The van der Waals surface area contributed by atoms with Crippen molar-refractivity contribution < 1.29 is 9.53 Å². The van der Waals surface area contributed by atoms with Gasteiger partial charge in [0.2, 0.25) is 5.88 Å². The highest BCUT2D eigenvalue weighted by Crippen LogP contribution is 2.38. The van der Waals surface area contributed by atoms with Gasteiger partial charge in [-0.25, -0.2) is 4.79 Å². The summed E-state index contributed by atoms with van der Waals surface area (Å²) in [5, 5.41) is 4.28. The second-order valence-electron chi connectivity index (χ2n) is 4.64. The number of primary amides is 1. The summed E-state index contributed by atoms with van der Waals surface area (Å²) in [6.45, 7) is 2.09. The van der Waals surface area contributed by atoms with Crippen LogP contribution in [0.4, 0.5) is 4.79 Å². The van der Waals surface area contributed by atoms with Crippen LogP contribution in [0.15, 0.2) is 6.07 Å². The average molecular weight is 238 g/mol. The van der Waals surface area contributed by atoms with Gasteiger partial charge in [0.05, 0.1) is 11.7 Å². The van der Waals surface area contributed by atoms with Gasteiger partial charge < -0.3 is 15.4 Å². The van der Waals surface area contributed by atoms with E-state index in [1.54, 1.807) is 6.07 Å². The first-order chi connectivity index (χ1) is 7.99. The van der Waals surface area contributed by atoms with Gasteiger partial charge in [-0.2, -0.15) is 0 Å². The number of carbonyl (C=O) groups excluding carboxylic acids is 1. The molecule has 0 saturated heterocycles. The van der Waals surface area contributed by atoms with Crippen molar-refractivity contribution in [3.63, 3.8) is 0 Å². The highest BCUT2D eigenvalue weighted by Gasteiger charge is 2.30. The van der Waals surface area contributed by atoms with Crippen molar-refractivity contribution in [3.8, 4) is 5.88 Å². The molecular formula is C11H18N4O2. The molecule has 0 bridgehead atoms. The first-order valence-electron chi connectivity index (χ1n) is 5.72. The fourth-order valence-corrected chi connectivity index (χ4v) is 1.73. The van der Waals surface area contributed by atoms with Crippen molar-refractivity contribution in [1.82, 2.24) is 14.7 Å². The summed E-state index contributed by atoms with van der Waals surface area (Å²) >= 11 is 0. The number of aromatic nitrogens is 2. The van der Waals surface area contributed by atoms with Crippen molar-refractivity contribution >= 4 is 6.09 Å². The van der Waals surface area contributed by atoms with E-state index in [2.05, 4.69) is 16.9 Å². The van der Waals surface area contributed by atoms with E-state index in [0.29, 0.717) is 6.04 Å². The van der Waals surface area contributed by atoms with Gasteiger partial charge in [-0.15, -0.1) is 5.10 Å². The summed E-state index contributed by atoms with van der Waals surface area (Å²) < 4.78 is 6.78. The van der Waals surface area contributed by atoms with E-state index in [9.17, 15) is 4.79 Å². The molecule has 1 amide bonds. The monoisotopic (exact) mass is 238 g/mol. The Labute approximate surface area is 100 Å². The second-order valence-corrected chi connectivity index (χ2v) is 4.64. The summed E-state index contributed by atoms with van der Waals surface area (Å²) in [6, 6.07) is 2.44. The Kier molecular flexibility index (Phi) is 3.06. The smallest absolute Gasteiger partial charge is 0.390 e. The highest BCUT2D eigenvalue weighted by molar-refractivity contribution is 5.67. The third kappa shape index (κ3) is 2.58. The lowest BCUT2D eigenvalue weighted by atomic mass is 10.2. The van der Waals surface area contributed by atoms with Gasteiger partial charge in [0.1, 0.15) is 0 Å². The zero-order valence-corrected chi connectivity index (χ0v) is 10.4. The van der Waals surface area contributed by atoms with E-state index < -0.39 is 6.09 Å². The predicted octanol–water partition coefficient (Wildman–Crippen LogP) is 1.30. The number of carbonyl (C=O) groups is 1. The van der Waals surface area contributed by atoms with Crippen molar-refractivity contribution in [1.29, 1.82) is 0 Å². The number of ether oxygens (including phenoxy) is 1. The number of amides is 1. The molecule has 1 fully saturated rings. The zero-order valence-electron chi connectivity index (χ0n) is 10.4. The van der Waals surface area contributed by atoms with Gasteiger partial charge in [0, 0.05) is 12.1 Å². The number of nitrogens with two attached hydrogens (primary N) is 1. The molecule has 0 spiro atoms. The molecule has 0 aliphatic heterocycles. The Morgan fingerprint density at radius 2 is 2.29 bits per heavy atom. The number of hydrogen-bond acceptors (Lipinski definition) is 4. The molecule has 0 radical (unpaired) electrons. The maximum absolute atomic E-state index is 10.7. The normalized spacial score (nSPS) is 17.2. The molecule has 1 atom stereocenters. The summed E-state index contributed by atoms with van der Waals surface area (Å²) in [4.78, 5) is 12.8. The molecular weight excluding hydrogens is 220 g/mol. The average Bonchev–Trinajstić information content (AvgIpc) is 2.99. The third-order valence-corrected chi connectivity index (χ3v) is 3.04. The topological polar surface area (TPSA) is 73.4 Å². The van der Waals surface area contributed by atoms with Gasteiger partial charge >= 0.3 is 6.09 Å². The minimum absolute atomic E-state index is 0.216. The zero-order chi connectivity index (χ0) is 12.6. The molecule has 6 nitrogen and oxygen atoms in total. The van der Waals surface area contributed by atoms with Crippen LogP contribution in [0.3, 0.4) is 0 Å². The summed E-state index contributed by atoms with van der Waals surface area (Å²) in [5.74, 6) is 0.285. The van der Waals surface area contributed by atoms with Crippen LogP contribution < -0.4 is 10.5 Å². The van der Waals surface area contributed by atoms with E-state index in [1.165, 1.54) is 0 Å². The molecule has 94 valence electrons. The van der Waals surface area contributed by atoms with Crippen LogP contribution in [0.25, 0.3) is 0 Å². The predicted molar refractivity (Wildman–Crippen MR) is 62.8 cm³/mol. The molecule has 1 aliphatic carbocycles. The van der Waals surface area contributed by atoms with Crippen molar-refractivity contribution in [2.45, 2.75) is 31.8 Å². The molecule has 6 heteroatoms. The Bertz CT molecular complexity index is 423. The molecule has 1 aliphatic rings. The number of hydrogen-bond donors (Lipinski definition) is 1. The van der Waals surface area contributed by atoms with E-state index in [4.69, 9.17) is 10.5 Å². The molecule has 1 unspecified atom stereocenters. The van der Waals surface area contributed by atoms with E-state index in [-0.39, 0.29) is 11.9 Å². The van der Waals surface area contributed by atoms with Crippen LogP contribution in [0.5, 0.6) is 5.88 Å². The van der Waals surface area contributed by atoms with Crippen LogP contribution in [0, 0.1) is 0 Å². The minimum Gasteiger partial charge on any atom is -0.390 e. The largest absolute Gasteiger partial charge is 0.411 e. The van der Waals surface area contributed by atoms with E-state index >= 15 is 0 Å². The molecule has 1 saturated carbocycles. The summed E-state index contributed by atoms with van der Waals surface area (Å²) in [7, 11) is 4.01. The molecule has 1 heterocycles. The second kappa shape index (κ2) is 4.37. The van der Waals surface area contributed by atoms with Crippen molar-refractivity contribution in [2.75, 3.05) is 14.1 Å². The van der Waals surface area contributed by atoms with Crippen LogP contribution in [0.1, 0.15) is 37.5 Å². The van der Waals surface area contributed by atoms with E-state index in [1.807, 2.05) is 18.8 Å². The van der Waals surface area contributed by atoms with Crippen molar-refractivity contribution in [3.05, 3.63) is 11.8 Å². The Hall–Kier alpha value is -1.56. The lowest BCUT2D eigenvalue weighted by Crippen LogP contribution is -2.20. The third-order valence-electron chi connectivity index (χ3n) is 3.04. The molecule has 1 aromatic rings. The van der Waals surface area contributed by atoms with Gasteiger partial charge in [0.15, 0.2) is 0 Å². The molecule has 0 aromatic carbocycles. The Balaban J connectivity index is 2.28. The lowest BCUT2D eigenvalue weighted by molar-refractivity contribution is 0.208. The lowest BCUT2D eigenvalue weighted by Gasteiger charge is -2.20. The van der Waals surface area contributed by atoms with Crippen LogP contribution in [0.2, 0.25) is 0 Å². The first kappa shape index (κ1) is 11.9. The van der Waals surface area contributed by atoms with Gasteiger partial charge in [-0.1, -0.05) is 0 Å². The van der Waals surface area contributed by atoms with Crippen LogP contribution in [-0.4, -0.2) is 34.9 Å². The molecule has 2 rings (SSSR count). The maximum Gasteiger partial charge on any atom is 0.411 e. The molecule has 1 aromatic heterocycles. The Morgan fingerprint density at radius 1 is 1.65 bits per heavy atom. The standard InChI is InChI=1S/C11H18N4O2/c1-7(14(2)3)9-6-10(17-11(12)16)13-15(9)8-4-5-8/h6-8H,4-5H2,1-3H3,(H2,12,16). The summed E-state index contributed by atoms with van der Waals surface area (Å²) in [6.07, 6.45) is 1.44.